The van der Waals surface area contributed by atoms with E-state index < -0.39 is 0 Å². The zero-order valence-corrected chi connectivity index (χ0v) is 18.9. The maximum atomic E-state index is 9.15. The van der Waals surface area contributed by atoms with Crippen LogP contribution in [0.15, 0.2) is 93.3 Å². The van der Waals surface area contributed by atoms with Crippen LogP contribution in [0.3, 0.4) is 0 Å². The molecule has 0 aliphatic carbocycles. The number of hydrogen-bond acceptors (Lipinski definition) is 6. The molecule has 0 saturated heterocycles. The van der Waals surface area contributed by atoms with E-state index in [1.807, 2.05) is 60.7 Å². The molecular weight excluding hydrogens is 398 g/mol. The molecular formula is C26H31N5O. The number of azo groups is 2. The lowest BCUT2D eigenvalue weighted by Gasteiger charge is -2.21. The minimum Gasteiger partial charge on any atom is -0.395 e. The summed E-state index contributed by atoms with van der Waals surface area (Å²) < 4.78 is 0. The Morgan fingerprint density at radius 2 is 1.09 bits per heavy atom. The van der Waals surface area contributed by atoms with Crippen LogP contribution in [-0.4, -0.2) is 24.8 Å². The normalized spacial score (nSPS) is 11.5. The zero-order valence-electron chi connectivity index (χ0n) is 18.9. The molecule has 6 nitrogen and oxygen atoms in total. The standard InChI is InChI=1S/C26H31N5O/c1-3-5-6-21-7-9-22(10-8-21)27-28-23-11-13-24(14-12-23)29-30-25-15-17-26(18-16-25)31(4-2)19-20-32/h7-18,32H,3-6,19-20H2,1-2H3. The zero-order chi connectivity index (χ0) is 22.6. The van der Waals surface area contributed by atoms with Gasteiger partial charge in [0.05, 0.1) is 29.4 Å². The molecule has 3 rings (SSSR count). The van der Waals surface area contributed by atoms with Crippen LogP contribution in [0, 0.1) is 0 Å². The summed E-state index contributed by atoms with van der Waals surface area (Å²) in [7, 11) is 0. The summed E-state index contributed by atoms with van der Waals surface area (Å²) in [5.41, 5.74) is 5.54. The second kappa shape index (κ2) is 12.5. The van der Waals surface area contributed by atoms with Gasteiger partial charge >= 0.3 is 0 Å². The number of aliphatic hydroxyl groups excluding tert-OH is 1. The second-order valence-corrected chi connectivity index (χ2v) is 7.51. The van der Waals surface area contributed by atoms with E-state index in [1.54, 1.807) is 0 Å². The van der Waals surface area contributed by atoms with Gasteiger partial charge in [0.1, 0.15) is 0 Å². The van der Waals surface area contributed by atoms with Gasteiger partial charge in [0.25, 0.3) is 0 Å². The van der Waals surface area contributed by atoms with Gasteiger partial charge in [-0.25, -0.2) is 0 Å². The van der Waals surface area contributed by atoms with Crippen molar-refractivity contribution in [2.24, 2.45) is 20.5 Å². The van der Waals surface area contributed by atoms with Crippen molar-refractivity contribution < 1.29 is 5.11 Å². The molecule has 0 spiro atoms. The highest BCUT2D eigenvalue weighted by Crippen LogP contribution is 2.25. The Kier molecular flexibility index (Phi) is 9.07. The Morgan fingerprint density at radius 1 is 0.656 bits per heavy atom. The molecule has 0 aliphatic rings. The van der Waals surface area contributed by atoms with Gasteiger partial charge < -0.3 is 10.0 Å². The minimum absolute atomic E-state index is 0.135. The first-order chi connectivity index (χ1) is 15.7. The molecule has 32 heavy (non-hydrogen) atoms. The molecule has 166 valence electrons. The van der Waals surface area contributed by atoms with E-state index >= 15 is 0 Å². The van der Waals surface area contributed by atoms with E-state index in [9.17, 15) is 0 Å². The van der Waals surface area contributed by atoms with Crippen LogP contribution in [0.25, 0.3) is 0 Å². The van der Waals surface area contributed by atoms with Gasteiger partial charge in [0, 0.05) is 18.8 Å². The van der Waals surface area contributed by atoms with E-state index in [1.165, 1.54) is 18.4 Å². The van der Waals surface area contributed by atoms with Gasteiger partial charge in [0.2, 0.25) is 0 Å². The Balaban J connectivity index is 1.57. The van der Waals surface area contributed by atoms with Gasteiger partial charge in [-0.05, 0) is 86.0 Å². The number of unbranched alkanes of at least 4 members (excludes halogenated alkanes) is 1. The lowest BCUT2D eigenvalue weighted by Crippen LogP contribution is -2.25. The largest absolute Gasteiger partial charge is 0.395 e. The molecule has 0 radical (unpaired) electrons. The first kappa shape index (κ1) is 23.3. The van der Waals surface area contributed by atoms with Gasteiger partial charge in [-0.3, -0.25) is 0 Å². The van der Waals surface area contributed by atoms with E-state index in [4.69, 9.17) is 5.11 Å². The molecule has 3 aromatic rings. The van der Waals surface area contributed by atoms with E-state index in [2.05, 4.69) is 51.3 Å². The SMILES string of the molecule is CCCCc1ccc(N=Nc2ccc(N=Nc3ccc(N(CC)CCO)cc3)cc2)cc1. The summed E-state index contributed by atoms with van der Waals surface area (Å²) in [5.74, 6) is 0. The molecule has 3 aromatic carbocycles. The molecule has 0 fully saturated rings. The first-order valence-electron chi connectivity index (χ1n) is 11.2. The van der Waals surface area contributed by atoms with Crippen molar-refractivity contribution in [1.29, 1.82) is 0 Å². The van der Waals surface area contributed by atoms with Crippen LogP contribution in [0.5, 0.6) is 0 Å². The summed E-state index contributed by atoms with van der Waals surface area (Å²) in [6.07, 6.45) is 3.51. The summed E-state index contributed by atoms with van der Waals surface area (Å²) in [5, 5.41) is 26.4. The number of benzene rings is 3. The lowest BCUT2D eigenvalue weighted by atomic mass is 10.1. The van der Waals surface area contributed by atoms with Gasteiger partial charge in [-0.15, -0.1) is 0 Å². The number of likely N-dealkylation sites (N-methyl/N-ethyl adjacent to an activating group) is 1. The third-order valence-corrected chi connectivity index (χ3v) is 5.13. The quantitative estimate of drug-likeness (QED) is 0.317. The fraction of sp³-hybridized carbons (Fsp3) is 0.308. The molecule has 1 N–H and O–H groups in total. The average Bonchev–Trinajstić information content (AvgIpc) is 2.85. The Morgan fingerprint density at radius 3 is 1.50 bits per heavy atom. The predicted octanol–water partition coefficient (Wildman–Crippen LogP) is 7.68. The van der Waals surface area contributed by atoms with Gasteiger partial charge in [0.15, 0.2) is 0 Å². The lowest BCUT2D eigenvalue weighted by molar-refractivity contribution is 0.302. The average molecular weight is 430 g/mol. The third kappa shape index (κ3) is 7.10. The fourth-order valence-electron chi connectivity index (χ4n) is 3.25. The molecule has 0 unspecified atom stereocenters. The maximum Gasteiger partial charge on any atom is 0.0858 e. The molecule has 0 bridgehead atoms. The Bertz CT molecular complexity index is 996. The van der Waals surface area contributed by atoms with Crippen molar-refractivity contribution in [2.45, 2.75) is 33.1 Å². The number of aryl methyl sites for hydroxylation is 1. The van der Waals surface area contributed by atoms with Gasteiger partial charge in [-0.2, -0.15) is 20.5 Å². The summed E-state index contributed by atoms with van der Waals surface area (Å²) >= 11 is 0. The number of nitrogens with zero attached hydrogens (tertiary/aromatic N) is 5. The predicted molar refractivity (Wildman–Crippen MR) is 131 cm³/mol. The highest BCUT2D eigenvalue weighted by molar-refractivity contribution is 5.53. The topological polar surface area (TPSA) is 72.9 Å². The van der Waals surface area contributed by atoms with Crippen molar-refractivity contribution in [2.75, 3.05) is 24.6 Å². The van der Waals surface area contributed by atoms with E-state index in [-0.39, 0.29) is 6.61 Å². The third-order valence-electron chi connectivity index (χ3n) is 5.13. The summed E-state index contributed by atoms with van der Waals surface area (Å²) in [6, 6.07) is 23.6. The monoisotopic (exact) mass is 429 g/mol. The molecule has 0 heterocycles. The molecule has 6 heteroatoms. The van der Waals surface area contributed by atoms with E-state index in [0.717, 1.165) is 41.4 Å². The van der Waals surface area contributed by atoms with Crippen molar-refractivity contribution in [3.63, 3.8) is 0 Å². The Hall–Kier alpha value is -3.38. The van der Waals surface area contributed by atoms with Crippen LogP contribution < -0.4 is 4.90 Å². The summed E-state index contributed by atoms with van der Waals surface area (Å²) in [6.45, 7) is 5.86. The molecule has 0 saturated carbocycles. The van der Waals surface area contributed by atoms with Crippen molar-refractivity contribution in [3.05, 3.63) is 78.4 Å². The van der Waals surface area contributed by atoms with Crippen molar-refractivity contribution in [1.82, 2.24) is 0 Å². The van der Waals surface area contributed by atoms with Crippen LogP contribution >= 0.6 is 0 Å². The smallest absolute Gasteiger partial charge is 0.0858 e. The number of anilines is 1. The Labute approximate surface area is 190 Å². The van der Waals surface area contributed by atoms with Crippen LogP contribution in [-0.2, 0) is 6.42 Å². The van der Waals surface area contributed by atoms with Crippen LogP contribution in [0.1, 0.15) is 32.3 Å². The van der Waals surface area contributed by atoms with Crippen LogP contribution in [0.4, 0.5) is 28.4 Å². The van der Waals surface area contributed by atoms with Crippen molar-refractivity contribution in [3.8, 4) is 0 Å². The fourth-order valence-corrected chi connectivity index (χ4v) is 3.25. The highest BCUT2D eigenvalue weighted by atomic mass is 16.3. The molecule has 0 amide bonds. The second-order valence-electron chi connectivity index (χ2n) is 7.51. The minimum atomic E-state index is 0.135. The maximum absolute atomic E-state index is 9.15. The highest BCUT2D eigenvalue weighted by Gasteiger charge is 2.03. The first-order valence-corrected chi connectivity index (χ1v) is 11.2. The van der Waals surface area contributed by atoms with Crippen molar-refractivity contribution >= 4 is 28.4 Å². The van der Waals surface area contributed by atoms with E-state index in [0.29, 0.717) is 6.54 Å². The number of aliphatic hydroxyl groups is 1. The van der Waals surface area contributed by atoms with Gasteiger partial charge in [-0.1, -0.05) is 25.5 Å². The summed E-state index contributed by atoms with van der Waals surface area (Å²) in [4.78, 5) is 2.11. The molecule has 0 aromatic heterocycles. The number of hydrogen-bond donors (Lipinski definition) is 1. The van der Waals surface area contributed by atoms with Crippen LogP contribution in [0.2, 0.25) is 0 Å². The number of rotatable bonds is 11. The molecule has 0 aliphatic heterocycles. The molecule has 0 atom stereocenters.